The number of esters is 1. The average molecular weight is 384 g/mol. The first-order valence-electron chi connectivity index (χ1n) is 9.64. The summed E-state index contributed by atoms with van der Waals surface area (Å²) in [6.07, 6.45) is 3.14. The van der Waals surface area contributed by atoms with E-state index in [1.165, 1.54) is 6.07 Å². The molecule has 0 saturated carbocycles. The molecule has 2 rings (SSSR count). The Bertz CT molecular complexity index is 906. The topological polar surface area (TPSA) is 78.3 Å². The van der Waals surface area contributed by atoms with Gasteiger partial charge < -0.3 is 4.74 Å². The maximum absolute atomic E-state index is 12.9. The summed E-state index contributed by atoms with van der Waals surface area (Å²) in [6, 6.07) is 8.65. The zero-order valence-corrected chi connectivity index (χ0v) is 17.2. The normalized spacial score (nSPS) is 11.3. The molecule has 28 heavy (non-hydrogen) atoms. The van der Waals surface area contributed by atoms with Gasteiger partial charge in [-0.2, -0.15) is 9.78 Å². The van der Waals surface area contributed by atoms with Gasteiger partial charge in [-0.25, -0.2) is 4.79 Å². The van der Waals surface area contributed by atoms with Gasteiger partial charge in [0.1, 0.15) is 11.3 Å². The average Bonchev–Trinajstić information content (AvgIpc) is 2.66. The molecule has 0 radical (unpaired) electrons. The fraction of sp³-hybridized carbons (Fsp3) is 0.455. The van der Waals surface area contributed by atoms with Crippen LogP contribution in [0.3, 0.4) is 0 Å². The fourth-order valence-corrected chi connectivity index (χ4v) is 2.70. The third-order valence-corrected chi connectivity index (χ3v) is 4.32. The Balaban J connectivity index is 2.58. The molecule has 0 atom stereocenters. The summed E-state index contributed by atoms with van der Waals surface area (Å²) in [5.41, 5.74) is 0.214. The van der Waals surface area contributed by atoms with E-state index in [1.807, 2.05) is 12.1 Å². The van der Waals surface area contributed by atoms with Crippen LogP contribution in [0.2, 0.25) is 0 Å². The van der Waals surface area contributed by atoms with Crippen molar-refractivity contribution in [2.24, 2.45) is 5.41 Å². The number of aromatic nitrogens is 2. The van der Waals surface area contributed by atoms with Crippen LogP contribution in [-0.4, -0.2) is 28.1 Å². The molecular weight excluding hydrogens is 356 g/mol. The maximum atomic E-state index is 12.9. The monoisotopic (exact) mass is 384 g/mol. The zero-order valence-electron chi connectivity index (χ0n) is 17.2. The van der Waals surface area contributed by atoms with Crippen molar-refractivity contribution in [1.82, 2.24) is 9.78 Å². The van der Waals surface area contributed by atoms with Gasteiger partial charge >= 0.3 is 5.97 Å². The quantitative estimate of drug-likeness (QED) is 0.533. The summed E-state index contributed by atoms with van der Waals surface area (Å²) >= 11 is 0. The molecule has 0 saturated heterocycles. The van der Waals surface area contributed by atoms with Crippen molar-refractivity contribution in [2.45, 2.75) is 53.9 Å². The van der Waals surface area contributed by atoms with Crippen molar-refractivity contribution in [3.05, 3.63) is 57.5 Å². The van der Waals surface area contributed by atoms with Crippen molar-refractivity contribution < 1.29 is 14.3 Å². The fourth-order valence-electron chi connectivity index (χ4n) is 2.70. The summed E-state index contributed by atoms with van der Waals surface area (Å²) in [4.78, 5) is 37.9. The molecule has 0 amide bonds. The number of rotatable bonds is 7. The number of nitrogens with zero attached hydrogens (tertiary/aromatic N) is 2. The number of ether oxygens (including phenoxy) is 1. The third kappa shape index (κ3) is 4.94. The largest absolute Gasteiger partial charge is 0.462 e. The predicted octanol–water partition coefficient (Wildman–Crippen LogP) is 3.98. The first-order valence-corrected chi connectivity index (χ1v) is 9.64. The van der Waals surface area contributed by atoms with E-state index in [0.717, 1.165) is 29.5 Å². The summed E-state index contributed by atoms with van der Waals surface area (Å²) in [5, 5.41) is 4.25. The number of hydrogen-bond donors (Lipinski definition) is 0. The number of hydrogen-bond acceptors (Lipinski definition) is 5. The number of aryl methyl sites for hydroxylation is 1. The minimum absolute atomic E-state index is 0.0604. The molecule has 0 aliphatic rings. The van der Waals surface area contributed by atoms with Gasteiger partial charge in [0.25, 0.3) is 5.56 Å². The Morgan fingerprint density at radius 2 is 1.75 bits per heavy atom. The molecule has 0 N–H and O–H groups in total. The van der Waals surface area contributed by atoms with Gasteiger partial charge in [0.15, 0.2) is 5.78 Å². The molecule has 2 aromatic rings. The van der Waals surface area contributed by atoms with Crippen LogP contribution in [0.4, 0.5) is 0 Å². The van der Waals surface area contributed by atoms with Crippen LogP contribution in [0.5, 0.6) is 0 Å². The van der Waals surface area contributed by atoms with Crippen LogP contribution in [0, 0.1) is 5.41 Å². The van der Waals surface area contributed by atoms with E-state index in [2.05, 4.69) is 12.0 Å². The van der Waals surface area contributed by atoms with Crippen molar-refractivity contribution in [3.8, 4) is 5.69 Å². The number of benzene rings is 1. The Labute approximate surface area is 165 Å². The first-order chi connectivity index (χ1) is 13.2. The molecule has 1 aromatic heterocycles. The second kappa shape index (κ2) is 8.95. The van der Waals surface area contributed by atoms with Crippen molar-refractivity contribution in [1.29, 1.82) is 0 Å². The first kappa shape index (κ1) is 21.5. The lowest BCUT2D eigenvalue weighted by atomic mass is 9.88. The van der Waals surface area contributed by atoms with Crippen LogP contribution in [0.25, 0.3) is 5.69 Å². The van der Waals surface area contributed by atoms with E-state index >= 15 is 0 Å². The van der Waals surface area contributed by atoms with Crippen molar-refractivity contribution in [3.63, 3.8) is 0 Å². The summed E-state index contributed by atoms with van der Waals surface area (Å²) in [6.45, 7) is 9.21. The molecule has 0 unspecified atom stereocenters. The lowest BCUT2D eigenvalue weighted by molar-refractivity contribution is 0.0523. The highest BCUT2D eigenvalue weighted by Gasteiger charge is 2.27. The number of carbonyl (C=O) groups excluding carboxylic acids is 2. The van der Waals surface area contributed by atoms with Gasteiger partial charge in [-0.05, 0) is 43.5 Å². The highest BCUT2D eigenvalue weighted by Crippen LogP contribution is 2.20. The van der Waals surface area contributed by atoms with E-state index < -0.39 is 16.9 Å². The summed E-state index contributed by atoms with van der Waals surface area (Å²) in [5.74, 6) is -1.02. The zero-order chi connectivity index (χ0) is 20.9. The van der Waals surface area contributed by atoms with Gasteiger partial charge in [-0.3, -0.25) is 9.59 Å². The molecule has 150 valence electrons. The van der Waals surface area contributed by atoms with E-state index in [-0.39, 0.29) is 23.6 Å². The molecule has 0 bridgehead atoms. The van der Waals surface area contributed by atoms with Gasteiger partial charge in [0.05, 0.1) is 12.3 Å². The minimum atomic E-state index is -0.758. The molecule has 0 spiro atoms. The Hall–Kier alpha value is -2.76. The van der Waals surface area contributed by atoms with Crippen LogP contribution in [-0.2, 0) is 11.2 Å². The number of Topliss-reactive ketones (excluding diaryl/α,β-unsaturated/α-hetero) is 1. The molecule has 0 fully saturated rings. The highest BCUT2D eigenvalue weighted by molar-refractivity contribution is 6.00. The van der Waals surface area contributed by atoms with Crippen molar-refractivity contribution >= 4 is 11.8 Å². The van der Waals surface area contributed by atoms with Crippen LogP contribution < -0.4 is 5.56 Å². The van der Waals surface area contributed by atoms with E-state index in [0.29, 0.717) is 5.69 Å². The van der Waals surface area contributed by atoms with Crippen LogP contribution >= 0.6 is 0 Å². The summed E-state index contributed by atoms with van der Waals surface area (Å²) in [7, 11) is 0. The predicted molar refractivity (Wildman–Crippen MR) is 108 cm³/mol. The Kier molecular flexibility index (Phi) is 6.89. The molecule has 0 aliphatic carbocycles. The SMILES string of the molecule is CCCCc1ccc(-n2nc(C(=O)C(C)(C)C)cc(C(=O)OCC)c2=O)cc1. The molecule has 0 aliphatic heterocycles. The van der Waals surface area contributed by atoms with Gasteiger partial charge in [0.2, 0.25) is 0 Å². The molecular formula is C22H28N2O4. The molecule has 6 heteroatoms. The number of ketones is 1. The van der Waals surface area contributed by atoms with Crippen LogP contribution in [0.15, 0.2) is 35.1 Å². The third-order valence-electron chi connectivity index (χ3n) is 4.32. The van der Waals surface area contributed by atoms with Gasteiger partial charge in [-0.1, -0.05) is 46.2 Å². The summed E-state index contributed by atoms with van der Waals surface area (Å²) < 4.78 is 6.10. The van der Waals surface area contributed by atoms with E-state index in [4.69, 9.17) is 4.74 Å². The smallest absolute Gasteiger partial charge is 0.343 e. The lowest BCUT2D eigenvalue weighted by Gasteiger charge is -2.17. The van der Waals surface area contributed by atoms with Crippen LogP contribution in [0.1, 0.15) is 73.9 Å². The van der Waals surface area contributed by atoms with Crippen molar-refractivity contribution in [2.75, 3.05) is 6.61 Å². The second-order valence-electron chi connectivity index (χ2n) is 7.73. The van der Waals surface area contributed by atoms with E-state index in [1.54, 1.807) is 39.8 Å². The Morgan fingerprint density at radius 1 is 1.11 bits per heavy atom. The van der Waals surface area contributed by atoms with E-state index in [9.17, 15) is 14.4 Å². The molecule has 1 heterocycles. The second-order valence-corrected chi connectivity index (χ2v) is 7.73. The standard InChI is InChI=1S/C22H28N2O4/c1-6-8-9-15-10-12-16(13-11-15)24-20(26)17(21(27)28-7-2)14-18(23-24)19(25)22(3,4)5/h10-14H,6-9H2,1-5H3. The minimum Gasteiger partial charge on any atom is -0.462 e. The molecule has 1 aromatic carbocycles. The number of carbonyl (C=O) groups is 2. The highest BCUT2D eigenvalue weighted by atomic mass is 16.5. The van der Waals surface area contributed by atoms with Gasteiger partial charge in [-0.15, -0.1) is 0 Å². The Morgan fingerprint density at radius 3 is 2.29 bits per heavy atom. The maximum Gasteiger partial charge on any atom is 0.343 e. The molecule has 6 nitrogen and oxygen atoms in total. The number of unbranched alkanes of at least 4 members (excludes halogenated alkanes) is 1. The lowest BCUT2D eigenvalue weighted by Crippen LogP contribution is -2.32. The van der Waals surface area contributed by atoms with Gasteiger partial charge in [0, 0.05) is 5.41 Å².